The molecule has 2 heterocycles. The fourth-order valence-electron chi connectivity index (χ4n) is 1.70. The lowest BCUT2D eigenvalue weighted by molar-refractivity contribution is 0.0949. The molecule has 1 fully saturated rings. The van der Waals surface area contributed by atoms with Crippen molar-refractivity contribution in [3.8, 4) is 6.07 Å². The van der Waals surface area contributed by atoms with Gasteiger partial charge >= 0.3 is 0 Å². The molecule has 1 aliphatic rings. The van der Waals surface area contributed by atoms with Crippen molar-refractivity contribution in [1.82, 2.24) is 10.3 Å². The van der Waals surface area contributed by atoms with Crippen molar-refractivity contribution in [2.45, 2.75) is 18.1 Å². The van der Waals surface area contributed by atoms with Crippen molar-refractivity contribution in [2.24, 2.45) is 0 Å². The van der Waals surface area contributed by atoms with E-state index >= 15 is 0 Å². The molecule has 1 amide bonds. The first-order valence-corrected chi connectivity index (χ1v) is 6.33. The topological polar surface area (TPSA) is 68.7 Å². The first-order chi connectivity index (χ1) is 7.79. The van der Waals surface area contributed by atoms with Gasteiger partial charge in [-0.15, -0.1) is 0 Å². The molecule has 2 N–H and O–H groups in total. The first-order valence-electron chi connectivity index (χ1n) is 5.28. The lowest BCUT2D eigenvalue weighted by Gasteiger charge is -2.08. The number of aromatic amines is 1. The molecule has 1 atom stereocenters. The van der Waals surface area contributed by atoms with Crippen LogP contribution >= 0.6 is 11.8 Å². The van der Waals surface area contributed by atoms with E-state index in [-0.39, 0.29) is 5.91 Å². The molecule has 2 rings (SSSR count). The van der Waals surface area contributed by atoms with Crippen molar-refractivity contribution >= 4 is 17.7 Å². The molecule has 1 aromatic rings. The Labute approximate surface area is 98.4 Å². The quantitative estimate of drug-likeness (QED) is 0.834. The zero-order valence-corrected chi connectivity index (χ0v) is 9.64. The molecule has 0 saturated carbocycles. The van der Waals surface area contributed by atoms with E-state index in [1.54, 1.807) is 12.3 Å². The summed E-state index contributed by atoms with van der Waals surface area (Å²) >= 11 is 1.91. The van der Waals surface area contributed by atoms with E-state index in [0.29, 0.717) is 23.1 Å². The number of thioether (sulfide) groups is 1. The number of hydrogen-bond donors (Lipinski definition) is 2. The Balaban J connectivity index is 1.85. The number of aromatic nitrogens is 1. The molecule has 84 valence electrons. The maximum Gasteiger partial charge on any atom is 0.267 e. The number of H-pyrrole nitrogens is 1. The summed E-state index contributed by atoms with van der Waals surface area (Å²) in [7, 11) is 0. The summed E-state index contributed by atoms with van der Waals surface area (Å²) < 4.78 is 0. The van der Waals surface area contributed by atoms with E-state index in [9.17, 15) is 4.79 Å². The summed E-state index contributed by atoms with van der Waals surface area (Å²) in [6, 6.07) is 3.55. The largest absolute Gasteiger partial charge is 0.356 e. The van der Waals surface area contributed by atoms with Gasteiger partial charge in [-0.25, -0.2) is 0 Å². The molecule has 1 saturated heterocycles. The van der Waals surface area contributed by atoms with Crippen LogP contribution < -0.4 is 5.32 Å². The van der Waals surface area contributed by atoms with Gasteiger partial charge in [0.1, 0.15) is 11.8 Å². The molecule has 4 nitrogen and oxygen atoms in total. The predicted molar refractivity (Wildman–Crippen MR) is 63.3 cm³/mol. The number of nitrogens with one attached hydrogen (secondary N) is 2. The van der Waals surface area contributed by atoms with Gasteiger partial charge in [-0.2, -0.15) is 17.0 Å². The SMILES string of the molecule is N#Cc1c[nH]c(C(=O)NCC2CCCS2)c1. The summed E-state index contributed by atoms with van der Waals surface area (Å²) in [5.74, 6) is 1.07. The van der Waals surface area contributed by atoms with Crippen LogP contribution in [0.2, 0.25) is 0 Å². The average molecular weight is 235 g/mol. The molecule has 0 spiro atoms. The lowest BCUT2D eigenvalue weighted by Crippen LogP contribution is -2.29. The van der Waals surface area contributed by atoms with Gasteiger partial charge in [0.2, 0.25) is 0 Å². The van der Waals surface area contributed by atoms with Gasteiger partial charge in [-0.1, -0.05) is 0 Å². The van der Waals surface area contributed by atoms with Gasteiger partial charge in [0.15, 0.2) is 0 Å². The maximum atomic E-state index is 11.7. The van der Waals surface area contributed by atoms with Gasteiger partial charge in [-0.3, -0.25) is 4.79 Å². The van der Waals surface area contributed by atoms with E-state index < -0.39 is 0 Å². The summed E-state index contributed by atoms with van der Waals surface area (Å²) in [4.78, 5) is 14.5. The normalized spacial score (nSPS) is 19.3. The highest BCUT2D eigenvalue weighted by Crippen LogP contribution is 2.25. The first kappa shape index (κ1) is 11.1. The fraction of sp³-hybridized carbons (Fsp3) is 0.455. The number of nitrogens with zero attached hydrogens (tertiary/aromatic N) is 1. The van der Waals surface area contributed by atoms with Crippen molar-refractivity contribution in [2.75, 3.05) is 12.3 Å². The Morgan fingerprint density at radius 3 is 3.25 bits per heavy atom. The Kier molecular flexibility index (Phi) is 3.52. The molecule has 0 aliphatic carbocycles. The van der Waals surface area contributed by atoms with Gasteiger partial charge in [-0.05, 0) is 24.7 Å². The van der Waals surface area contributed by atoms with Crippen LogP contribution in [0.3, 0.4) is 0 Å². The third-order valence-electron chi connectivity index (χ3n) is 2.57. The zero-order chi connectivity index (χ0) is 11.4. The van der Waals surface area contributed by atoms with Crippen molar-refractivity contribution in [1.29, 1.82) is 5.26 Å². The van der Waals surface area contributed by atoms with E-state index in [4.69, 9.17) is 5.26 Å². The molecule has 0 bridgehead atoms. The summed E-state index contributed by atoms with van der Waals surface area (Å²) in [6.45, 7) is 0.713. The van der Waals surface area contributed by atoms with Crippen LogP contribution in [0, 0.1) is 11.3 Å². The standard InChI is InChI=1S/C11H13N3OS/c12-5-8-4-10(13-6-8)11(15)14-7-9-2-1-3-16-9/h4,6,9,13H,1-3,7H2,(H,14,15). The van der Waals surface area contributed by atoms with Crippen molar-refractivity contribution in [3.63, 3.8) is 0 Å². The highest BCUT2D eigenvalue weighted by Gasteiger charge is 2.17. The summed E-state index contributed by atoms with van der Waals surface area (Å²) in [5, 5.41) is 12.1. The van der Waals surface area contributed by atoms with Crippen LogP contribution in [0.5, 0.6) is 0 Å². The molecule has 0 radical (unpaired) electrons. The summed E-state index contributed by atoms with van der Waals surface area (Å²) in [5.41, 5.74) is 0.944. The van der Waals surface area contributed by atoms with E-state index in [0.717, 1.165) is 0 Å². The van der Waals surface area contributed by atoms with Crippen molar-refractivity contribution < 1.29 is 4.79 Å². The number of amides is 1. The van der Waals surface area contributed by atoms with E-state index in [1.807, 2.05) is 17.8 Å². The van der Waals surface area contributed by atoms with Crippen LogP contribution in [0.1, 0.15) is 28.9 Å². The molecule has 5 heteroatoms. The Bertz CT molecular complexity index is 415. The highest BCUT2D eigenvalue weighted by atomic mass is 32.2. The molecule has 0 aromatic carbocycles. The smallest absolute Gasteiger partial charge is 0.267 e. The number of hydrogen-bond acceptors (Lipinski definition) is 3. The minimum atomic E-state index is -0.131. The molecule has 1 unspecified atom stereocenters. The molecule has 1 aliphatic heterocycles. The third kappa shape index (κ3) is 2.58. The van der Waals surface area contributed by atoms with Gasteiger partial charge < -0.3 is 10.3 Å². The Morgan fingerprint density at radius 1 is 1.75 bits per heavy atom. The number of carbonyl (C=O) groups excluding carboxylic acids is 1. The maximum absolute atomic E-state index is 11.7. The van der Waals surface area contributed by atoms with E-state index in [1.165, 1.54) is 18.6 Å². The molecular formula is C11H13N3OS. The number of carbonyl (C=O) groups is 1. The predicted octanol–water partition coefficient (Wildman–Crippen LogP) is 1.51. The van der Waals surface area contributed by atoms with Crippen molar-refractivity contribution in [3.05, 3.63) is 23.5 Å². The third-order valence-corrected chi connectivity index (χ3v) is 3.97. The van der Waals surface area contributed by atoms with Crippen LogP contribution in [0.25, 0.3) is 0 Å². The second kappa shape index (κ2) is 5.08. The van der Waals surface area contributed by atoms with Crippen LogP contribution in [0.15, 0.2) is 12.3 Å². The number of nitriles is 1. The highest BCUT2D eigenvalue weighted by molar-refractivity contribution is 8.00. The second-order valence-electron chi connectivity index (χ2n) is 3.76. The van der Waals surface area contributed by atoms with Gasteiger partial charge in [0.05, 0.1) is 5.56 Å². The lowest BCUT2D eigenvalue weighted by atomic mass is 10.2. The zero-order valence-electron chi connectivity index (χ0n) is 8.82. The minimum absolute atomic E-state index is 0.131. The summed E-state index contributed by atoms with van der Waals surface area (Å²) in [6.07, 6.45) is 3.96. The Morgan fingerprint density at radius 2 is 2.62 bits per heavy atom. The average Bonchev–Trinajstić information content (AvgIpc) is 2.96. The number of rotatable bonds is 3. The molecular weight excluding hydrogens is 222 g/mol. The van der Waals surface area contributed by atoms with Crippen LogP contribution in [0.4, 0.5) is 0 Å². The Hall–Kier alpha value is -1.41. The molecule has 1 aromatic heterocycles. The monoisotopic (exact) mass is 235 g/mol. The van der Waals surface area contributed by atoms with Crippen LogP contribution in [-0.4, -0.2) is 28.4 Å². The minimum Gasteiger partial charge on any atom is -0.356 e. The molecule has 16 heavy (non-hydrogen) atoms. The fourth-order valence-corrected chi connectivity index (χ4v) is 2.90. The second-order valence-corrected chi connectivity index (χ2v) is 5.17. The van der Waals surface area contributed by atoms with Gasteiger partial charge in [0.25, 0.3) is 5.91 Å². The van der Waals surface area contributed by atoms with Crippen LogP contribution in [-0.2, 0) is 0 Å². The van der Waals surface area contributed by atoms with E-state index in [2.05, 4.69) is 10.3 Å². The van der Waals surface area contributed by atoms with Gasteiger partial charge in [0, 0.05) is 18.0 Å².